The molecular weight excluding hydrogens is 315 g/mol. The summed E-state index contributed by atoms with van der Waals surface area (Å²) in [4.78, 5) is 22.8. The summed E-state index contributed by atoms with van der Waals surface area (Å²) in [6.45, 7) is 2.03. The monoisotopic (exact) mass is 332 g/mol. The summed E-state index contributed by atoms with van der Waals surface area (Å²) >= 11 is 0. The molecule has 0 aliphatic heterocycles. The second-order valence-electron chi connectivity index (χ2n) is 4.90. The molecule has 0 radical (unpaired) electrons. The first kappa shape index (κ1) is 20.6. The number of hydrogen-bond donors (Lipinski definition) is 0. The van der Waals surface area contributed by atoms with E-state index in [9.17, 15) is 14.7 Å². The fourth-order valence-corrected chi connectivity index (χ4v) is 1.94. The van der Waals surface area contributed by atoms with Gasteiger partial charge in [0, 0.05) is 0 Å². The molecule has 0 aliphatic rings. The average Bonchev–Trinajstić information content (AvgIpc) is 2.61. The van der Waals surface area contributed by atoms with Crippen molar-refractivity contribution in [1.82, 2.24) is 0 Å². The van der Waals surface area contributed by atoms with Gasteiger partial charge in [-0.25, -0.2) is 4.79 Å². The minimum atomic E-state index is -1.04. The van der Waals surface area contributed by atoms with Gasteiger partial charge in [0.15, 0.2) is 0 Å². The van der Waals surface area contributed by atoms with Gasteiger partial charge in [0.2, 0.25) is 0 Å². The standard InChI is InChI=1S/C19H18O5.Li/c1-2-23-19(22)18(21)12-17(20)15-9-6-10-16(11-15)24-13-14-7-4-3-5-8-14;/h3-12,20H,2,13H2,1H3;/q;+1/p-1. The van der Waals surface area contributed by atoms with Crippen LogP contribution in [0.2, 0.25) is 0 Å². The summed E-state index contributed by atoms with van der Waals surface area (Å²) in [6, 6.07) is 16.0. The van der Waals surface area contributed by atoms with E-state index >= 15 is 0 Å². The second kappa shape index (κ2) is 10.4. The molecule has 2 aromatic rings. The van der Waals surface area contributed by atoms with Crippen LogP contribution in [-0.2, 0) is 20.9 Å². The third-order valence-electron chi connectivity index (χ3n) is 3.11. The Labute approximate surface area is 158 Å². The molecule has 0 unspecified atom stereocenters. The molecule has 0 N–H and O–H groups in total. The van der Waals surface area contributed by atoms with Crippen LogP contribution in [0.1, 0.15) is 18.1 Å². The molecule has 0 aromatic heterocycles. The van der Waals surface area contributed by atoms with Crippen LogP contribution in [0.3, 0.4) is 0 Å². The number of ketones is 1. The molecule has 0 aliphatic carbocycles. The first-order chi connectivity index (χ1) is 11.6. The molecule has 0 atom stereocenters. The first-order valence-corrected chi connectivity index (χ1v) is 7.47. The van der Waals surface area contributed by atoms with Gasteiger partial charge in [-0.3, -0.25) is 4.79 Å². The van der Waals surface area contributed by atoms with E-state index in [4.69, 9.17) is 4.74 Å². The number of esters is 1. The summed E-state index contributed by atoms with van der Waals surface area (Å²) in [5.74, 6) is -2.08. The molecule has 0 fully saturated rings. The largest absolute Gasteiger partial charge is 1.00 e. The molecule has 0 amide bonds. The molecule has 25 heavy (non-hydrogen) atoms. The van der Waals surface area contributed by atoms with E-state index in [0.29, 0.717) is 12.4 Å². The van der Waals surface area contributed by atoms with Crippen molar-refractivity contribution in [2.75, 3.05) is 6.61 Å². The van der Waals surface area contributed by atoms with Crippen LogP contribution in [0.4, 0.5) is 0 Å². The van der Waals surface area contributed by atoms with Gasteiger partial charge in [0.25, 0.3) is 5.78 Å². The van der Waals surface area contributed by atoms with Crippen LogP contribution in [-0.4, -0.2) is 18.4 Å². The zero-order valence-electron chi connectivity index (χ0n) is 14.2. The predicted octanol–water partition coefficient (Wildman–Crippen LogP) is -0.897. The molecule has 2 rings (SSSR count). The predicted molar refractivity (Wildman–Crippen MR) is 86.8 cm³/mol. The topological polar surface area (TPSA) is 75.7 Å². The van der Waals surface area contributed by atoms with Crippen LogP contribution in [0.15, 0.2) is 60.7 Å². The minimum Gasteiger partial charge on any atom is -0.872 e. The van der Waals surface area contributed by atoms with Crippen LogP contribution >= 0.6 is 0 Å². The van der Waals surface area contributed by atoms with Crippen molar-refractivity contribution in [2.45, 2.75) is 13.5 Å². The maximum Gasteiger partial charge on any atom is 1.00 e. The van der Waals surface area contributed by atoms with Gasteiger partial charge < -0.3 is 14.6 Å². The van der Waals surface area contributed by atoms with Gasteiger partial charge in [-0.2, -0.15) is 0 Å². The third-order valence-corrected chi connectivity index (χ3v) is 3.11. The van der Waals surface area contributed by atoms with Crippen molar-refractivity contribution in [3.8, 4) is 5.75 Å². The molecule has 6 heteroatoms. The SMILES string of the molecule is CCOC(=O)C(=O)C=C([O-])c1cccc(OCc2ccccc2)c1.[Li+]. The van der Waals surface area contributed by atoms with Gasteiger partial charge in [-0.1, -0.05) is 48.2 Å². The van der Waals surface area contributed by atoms with Gasteiger partial charge >= 0.3 is 24.8 Å². The van der Waals surface area contributed by atoms with Crippen LogP contribution in [0, 0.1) is 0 Å². The Morgan fingerprint density at radius 2 is 1.80 bits per heavy atom. The molecule has 0 saturated carbocycles. The molecule has 5 nitrogen and oxygen atoms in total. The number of carbonyl (C=O) groups excluding carboxylic acids is 2. The van der Waals surface area contributed by atoms with E-state index in [1.54, 1.807) is 25.1 Å². The zero-order chi connectivity index (χ0) is 17.4. The number of ether oxygens (including phenoxy) is 2. The first-order valence-electron chi connectivity index (χ1n) is 7.47. The van der Waals surface area contributed by atoms with Crippen molar-refractivity contribution in [3.63, 3.8) is 0 Å². The number of rotatable bonds is 7. The van der Waals surface area contributed by atoms with Gasteiger partial charge in [0.1, 0.15) is 12.4 Å². The van der Waals surface area contributed by atoms with Crippen molar-refractivity contribution >= 4 is 17.5 Å². The fourth-order valence-electron chi connectivity index (χ4n) is 1.94. The van der Waals surface area contributed by atoms with Crippen molar-refractivity contribution in [2.24, 2.45) is 0 Å². The number of carbonyl (C=O) groups is 2. The maximum absolute atomic E-state index is 12.1. The second-order valence-corrected chi connectivity index (χ2v) is 4.90. The van der Waals surface area contributed by atoms with Crippen LogP contribution in [0.25, 0.3) is 5.76 Å². The van der Waals surface area contributed by atoms with E-state index in [1.165, 1.54) is 6.07 Å². The molecule has 2 aromatic carbocycles. The summed E-state index contributed by atoms with van der Waals surface area (Å²) in [5.41, 5.74) is 1.26. The van der Waals surface area contributed by atoms with Crippen LogP contribution in [0.5, 0.6) is 5.75 Å². The van der Waals surface area contributed by atoms with E-state index in [2.05, 4.69) is 4.74 Å². The normalized spacial score (nSPS) is 10.5. The Morgan fingerprint density at radius 1 is 1.08 bits per heavy atom. The van der Waals surface area contributed by atoms with Gasteiger partial charge in [-0.05, 0) is 36.3 Å². The van der Waals surface area contributed by atoms with Crippen molar-refractivity contribution in [1.29, 1.82) is 0 Å². The van der Waals surface area contributed by atoms with E-state index in [1.807, 2.05) is 30.3 Å². The maximum atomic E-state index is 12.1. The van der Waals surface area contributed by atoms with E-state index in [-0.39, 0.29) is 31.0 Å². The Balaban J connectivity index is 0.00000312. The number of hydrogen-bond acceptors (Lipinski definition) is 5. The van der Waals surface area contributed by atoms with E-state index in [0.717, 1.165) is 11.6 Å². The molecule has 0 bridgehead atoms. The Bertz CT molecular complexity index is 740. The van der Waals surface area contributed by atoms with Crippen LogP contribution < -0.4 is 28.7 Å². The minimum absolute atomic E-state index is 0. The average molecular weight is 332 g/mol. The zero-order valence-corrected chi connectivity index (χ0v) is 14.2. The van der Waals surface area contributed by atoms with Crippen molar-refractivity contribution in [3.05, 3.63) is 71.8 Å². The van der Waals surface area contributed by atoms with E-state index < -0.39 is 17.5 Å². The molecule has 0 heterocycles. The molecule has 0 saturated heterocycles. The summed E-state index contributed by atoms with van der Waals surface area (Å²) < 4.78 is 10.2. The quantitative estimate of drug-likeness (QED) is 0.216. The number of benzene rings is 2. The Morgan fingerprint density at radius 3 is 2.48 bits per heavy atom. The Kier molecular flexibility index (Phi) is 8.55. The molecular formula is C19H17LiO5. The van der Waals surface area contributed by atoms with Gasteiger partial charge in [0.05, 0.1) is 6.61 Å². The van der Waals surface area contributed by atoms with Gasteiger partial charge in [-0.15, -0.1) is 0 Å². The third kappa shape index (κ3) is 6.50. The molecule has 0 spiro atoms. The smallest absolute Gasteiger partial charge is 0.872 e. The Hall–Kier alpha value is -2.48. The summed E-state index contributed by atoms with van der Waals surface area (Å²) in [5, 5.41) is 12.1. The fraction of sp³-hybridized carbons (Fsp3) is 0.158. The summed E-state index contributed by atoms with van der Waals surface area (Å²) in [6.07, 6.45) is 0.730. The summed E-state index contributed by atoms with van der Waals surface area (Å²) in [7, 11) is 0. The van der Waals surface area contributed by atoms with Crippen molar-refractivity contribution < 1.29 is 43.0 Å². The molecule has 124 valence electrons.